The van der Waals surface area contributed by atoms with Crippen LogP contribution in [0.3, 0.4) is 0 Å². The summed E-state index contributed by atoms with van der Waals surface area (Å²) in [5.41, 5.74) is 2.23. The van der Waals surface area contributed by atoms with E-state index in [9.17, 15) is 0 Å². The highest BCUT2D eigenvalue weighted by molar-refractivity contribution is 6.17. The number of anilines is 2. The molecule has 0 N–H and O–H groups in total. The molecule has 0 aliphatic heterocycles. The highest BCUT2D eigenvalue weighted by atomic mass is 35.5. The van der Waals surface area contributed by atoms with Gasteiger partial charge in [0.1, 0.15) is 6.07 Å². The highest BCUT2D eigenvalue weighted by Crippen LogP contribution is 2.23. The molecule has 18 heavy (non-hydrogen) atoms. The Labute approximate surface area is 110 Å². The molecule has 0 aliphatic carbocycles. The van der Waals surface area contributed by atoms with Crippen molar-refractivity contribution in [3.8, 4) is 6.07 Å². The number of nitriles is 1. The summed E-state index contributed by atoms with van der Waals surface area (Å²) < 4.78 is 0. The smallest absolute Gasteiger partial charge is 0.229 e. The standard InChI is InChI=1S/C13H11ClN4/c1-18(12-5-3-2-4-11(12)7-15)13-16-8-10(6-14)9-17-13/h2-5,8-9H,6H2,1H3. The van der Waals surface area contributed by atoms with E-state index in [1.807, 2.05) is 25.2 Å². The molecule has 0 saturated carbocycles. The normalized spacial score (nSPS) is 9.83. The molecule has 0 unspecified atom stereocenters. The minimum Gasteiger partial charge on any atom is -0.312 e. The molecular formula is C13H11ClN4. The Morgan fingerprint density at radius 3 is 2.56 bits per heavy atom. The van der Waals surface area contributed by atoms with Gasteiger partial charge in [0.05, 0.1) is 17.1 Å². The van der Waals surface area contributed by atoms with E-state index in [0.717, 1.165) is 11.3 Å². The van der Waals surface area contributed by atoms with Crippen LogP contribution in [0.1, 0.15) is 11.1 Å². The molecule has 0 atom stereocenters. The van der Waals surface area contributed by atoms with Crippen LogP contribution in [-0.4, -0.2) is 17.0 Å². The van der Waals surface area contributed by atoms with Crippen molar-refractivity contribution in [2.45, 2.75) is 5.88 Å². The van der Waals surface area contributed by atoms with E-state index in [-0.39, 0.29) is 0 Å². The zero-order valence-corrected chi connectivity index (χ0v) is 10.6. The molecule has 0 radical (unpaired) electrons. The summed E-state index contributed by atoms with van der Waals surface area (Å²) in [5, 5.41) is 9.06. The average Bonchev–Trinajstić information content (AvgIpc) is 2.46. The fourth-order valence-corrected chi connectivity index (χ4v) is 1.70. The third-order valence-electron chi connectivity index (χ3n) is 2.53. The number of rotatable bonds is 3. The molecule has 1 aromatic heterocycles. The molecule has 0 bridgehead atoms. The Balaban J connectivity index is 2.35. The molecule has 0 spiro atoms. The lowest BCUT2D eigenvalue weighted by Crippen LogP contribution is -2.14. The number of hydrogen-bond donors (Lipinski definition) is 0. The average molecular weight is 259 g/mol. The van der Waals surface area contributed by atoms with Gasteiger partial charge in [-0.25, -0.2) is 9.97 Å². The monoisotopic (exact) mass is 258 g/mol. The maximum absolute atomic E-state index is 9.06. The molecule has 5 heteroatoms. The van der Waals surface area contributed by atoms with E-state index in [4.69, 9.17) is 16.9 Å². The molecule has 1 aromatic carbocycles. The maximum Gasteiger partial charge on any atom is 0.229 e. The van der Waals surface area contributed by atoms with Gasteiger partial charge in [-0.05, 0) is 12.1 Å². The molecular weight excluding hydrogens is 248 g/mol. The minimum atomic E-state index is 0.388. The van der Waals surface area contributed by atoms with Gasteiger partial charge in [-0.15, -0.1) is 11.6 Å². The van der Waals surface area contributed by atoms with Crippen LogP contribution in [0.25, 0.3) is 0 Å². The summed E-state index contributed by atoms with van der Waals surface area (Å²) in [5.74, 6) is 0.922. The Kier molecular flexibility index (Phi) is 3.75. The van der Waals surface area contributed by atoms with Crippen molar-refractivity contribution in [3.63, 3.8) is 0 Å². The van der Waals surface area contributed by atoms with Crippen molar-refractivity contribution in [1.29, 1.82) is 5.26 Å². The minimum absolute atomic E-state index is 0.388. The molecule has 2 aromatic rings. The van der Waals surface area contributed by atoms with Crippen LogP contribution >= 0.6 is 11.6 Å². The first kappa shape index (κ1) is 12.3. The summed E-state index contributed by atoms with van der Waals surface area (Å²) in [6.07, 6.45) is 3.36. The van der Waals surface area contributed by atoms with Crippen molar-refractivity contribution in [1.82, 2.24) is 9.97 Å². The third-order valence-corrected chi connectivity index (χ3v) is 2.84. The van der Waals surface area contributed by atoms with Gasteiger partial charge >= 0.3 is 0 Å². The summed E-state index contributed by atoms with van der Waals surface area (Å²) in [7, 11) is 1.83. The van der Waals surface area contributed by atoms with E-state index in [1.54, 1.807) is 23.4 Å². The summed E-state index contributed by atoms with van der Waals surface area (Å²) in [4.78, 5) is 10.2. The second-order valence-corrected chi connectivity index (χ2v) is 3.98. The summed E-state index contributed by atoms with van der Waals surface area (Å²) >= 11 is 5.69. The number of halogens is 1. The molecule has 0 aliphatic rings. The Morgan fingerprint density at radius 1 is 1.28 bits per heavy atom. The fourth-order valence-electron chi connectivity index (χ4n) is 1.56. The van der Waals surface area contributed by atoms with Crippen molar-refractivity contribution in [2.75, 3.05) is 11.9 Å². The molecule has 0 saturated heterocycles. The van der Waals surface area contributed by atoms with E-state index in [2.05, 4.69) is 16.0 Å². The first-order valence-corrected chi connectivity index (χ1v) is 5.89. The quantitative estimate of drug-likeness (QED) is 0.795. The van der Waals surface area contributed by atoms with Gasteiger partial charge in [-0.1, -0.05) is 12.1 Å². The van der Waals surface area contributed by atoms with Crippen LogP contribution < -0.4 is 4.90 Å². The second kappa shape index (κ2) is 5.48. The van der Waals surface area contributed by atoms with Gasteiger partial charge in [0, 0.05) is 25.0 Å². The second-order valence-electron chi connectivity index (χ2n) is 3.71. The summed E-state index contributed by atoms with van der Waals surface area (Å²) in [6.45, 7) is 0. The van der Waals surface area contributed by atoms with Crippen LogP contribution in [0.5, 0.6) is 0 Å². The lowest BCUT2D eigenvalue weighted by molar-refractivity contribution is 1.02. The van der Waals surface area contributed by atoms with Crippen molar-refractivity contribution < 1.29 is 0 Å². The number of aromatic nitrogens is 2. The fraction of sp³-hybridized carbons (Fsp3) is 0.154. The van der Waals surface area contributed by atoms with E-state index in [1.165, 1.54) is 0 Å². The molecule has 2 rings (SSSR count). The van der Waals surface area contributed by atoms with Gasteiger partial charge in [0.25, 0.3) is 0 Å². The van der Waals surface area contributed by atoms with Crippen LogP contribution in [0.15, 0.2) is 36.7 Å². The maximum atomic E-state index is 9.06. The Morgan fingerprint density at radius 2 is 1.94 bits per heavy atom. The van der Waals surface area contributed by atoms with Gasteiger partial charge < -0.3 is 4.90 Å². The predicted octanol–water partition coefficient (Wildman–Crippen LogP) is 2.85. The third kappa shape index (κ3) is 2.41. The number of benzene rings is 1. The first-order valence-electron chi connectivity index (χ1n) is 5.36. The van der Waals surface area contributed by atoms with Crippen LogP contribution in [0.2, 0.25) is 0 Å². The zero-order valence-electron chi connectivity index (χ0n) is 9.84. The lowest BCUT2D eigenvalue weighted by atomic mass is 10.2. The zero-order chi connectivity index (χ0) is 13.0. The largest absolute Gasteiger partial charge is 0.312 e. The molecule has 4 nitrogen and oxygen atoms in total. The SMILES string of the molecule is CN(c1ncc(CCl)cn1)c1ccccc1C#N. The van der Waals surface area contributed by atoms with Gasteiger partial charge in [-0.3, -0.25) is 0 Å². The van der Waals surface area contributed by atoms with E-state index >= 15 is 0 Å². The topological polar surface area (TPSA) is 52.8 Å². The van der Waals surface area contributed by atoms with Crippen LogP contribution in [0, 0.1) is 11.3 Å². The van der Waals surface area contributed by atoms with Crippen molar-refractivity contribution in [3.05, 3.63) is 47.8 Å². The molecule has 0 fully saturated rings. The lowest BCUT2D eigenvalue weighted by Gasteiger charge is -2.18. The summed E-state index contributed by atoms with van der Waals surface area (Å²) in [6, 6.07) is 9.47. The Hall–Kier alpha value is -2.12. The Bertz CT molecular complexity index is 574. The molecule has 90 valence electrons. The van der Waals surface area contributed by atoms with Crippen molar-refractivity contribution >= 4 is 23.2 Å². The van der Waals surface area contributed by atoms with Crippen LogP contribution in [0.4, 0.5) is 11.6 Å². The van der Waals surface area contributed by atoms with Gasteiger partial charge in [0.15, 0.2) is 0 Å². The number of hydrogen-bond acceptors (Lipinski definition) is 4. The molecule has 0 amide bonds. The van der Waals surface area contributed by atoms with E-state index < -0.39 is 0 Å². The number of alkyl halides is 1. The van der Waals surface area contributed by atoms with Gasteiger partial charge in [-0.2, -0.15) is 5.26 Å². The van der Waals surface area contributed by atoms with E-state index in [0.29, 0.717) is 17.4 Å². The number of nitrogens with zero attached hydrogens (tertiary/aromatic N) is 4. The highest BCUT2D eigenvalue weighted by Gasteiger charge is 2.10. The van der Waals surface area contributed by atoms with Gasteiger partial charge in [0.2, 0.25) is 5.95 Å². The van der Waals surface area contributed by atoms with Crippen molar-refractivity contribution in [2.24, 2.45) is 0 Å². The number of para-hydroxylation sites is 1. The predicted molar refractivity (Wildman–Crippen MR) is 70.8 cm³/mol. The first-order chi connectivity index (χ1) is 8.76. The molecule has 1 heterocycles. The van der Waals surface area contributed by atoms with Crippen LogP contribution in [-0.2, 0) is 5.88 Å².